The molecule has 0 unspecified atom stereocenters. The predicted octanol–water partition coefficient (Wildman–Crippen LogP) is 7.81. The van der Waals surface area contributed by atoms with Gasteiger partial charge in [0.2, 0.25) is 6.71 Å². The zero-order chi connectivity index (χ0) is 25.8. The highest BCUT2D eigenvalue weighted by Crippen LogP contribution is 2.34. The molecule has 6 aromatic carbocycles. The molecule has 6 aromatic rings. The lowest BCUT2D eigenvalue weighted by molar-refractivity contribution is 1.31. The Morgan fingerprint density at radius 3 is 1.59 bits per heavy atom. The molecule has 0 atom stereocenters. The van der Waals surface area contributed by atoms with Crippen LogP contribution in [0.15, 0.2) is 78.9 Å². The molecule has 182 valence electrons. The van der Waals surface area contributed by atoms with E-state index in [4.69, 9.17) is 23.2 Å². The SMILES string of the molecule is Cc1cc(C)c(B(c2c(C)cc(C)cc2CCl)c2ccc3ccc4cccc5ccc2c3c45)c(CCl)c1. The second-order valence-corrected chi connectivity index (χ2v) is 11.1. The van der Waals surface area contributed by atoms with Crippen molar-refractivity contribution < 1.29 is 0 Å². The van der Waals surface area contributed by atoms with Gasteiger partial charge < -0.3 is 0 Å². The maximum atomic E-state index is 6.65. The van der Waals surface area contributed by atoms with Crippen LogP contribution in [0.5, 0.6) is 0 Å². The van der Waals surface area contributed by atoms with Crippen molar-refractivity contribution in [1.82, 2.24) is 0 Å². The Bertz CT molecular complexity index is 1730. The highest BCUT2D eigenvalue weighted by Gasteiger charge is 2.31. The molecule has 0 aliphatic heterocycles. The van der Waals surface area contributed by atoms with Gasteiger partial charge in [-0.15, -0.1) is 23.2 Å². The van der Waals surface area contributed by atoms with Crippen LogP contribution in [0.25, 0.3) is 32.3 Å². The molecule has 0 aromatic heterocycles. The monoisotopic (exact) mass is 518 g/mol. The summed E-state index contributed by atoms with van der Waals surface area (Å²) in [7, 11) is 0. The molecule has 0 N–H and O–H groups in total. The fourth-order valence-electron chi connectivity index (χ4n) is 6.65. The van der Waals surface area contributed by atoms with Gasteiger partial charge in [0.15, 0.2) is 0 Å². The van der Waals surface area contributed by atoms with Gasteiger partial charge in [-0.3, -0.25) is 0 Å². The molecule has 0 radical (unpaired) electrons. The van der Waals surface area contributed by atoms with Gasteiger partial charge in [0.1, 0.15) is 0 Å². The van der Waals surface area contributed by atoms with Crippen molar-refractivity contribution >= 4 is 78.6 Å². The lowest BCUT2D eigenvalue weighted by atomic mass is 9.33. The summed E-state index contributed by atoms with van der Waals surface area (Å²) in [6, 6.07) is 29.4. The molecule has 0 spiro atoms. The maximum Gasteiger partial charge on any atom is 0.243 e. The van der Waals surface area contributed by atoms with E-state index in [0.29, 0.717) is 11.8 Å². The zero-order valence-electron chi connectivity index (χ0n) is 21.8. The van der Waals surface area contributed by atoms with Gasteiger partial charge in [-0.25, -0.2) is 0 Å². The highest BCUT2D eigenvalue weighted by atomic mass is 35.5. The summed E-state index contributed by atoms with van der Waals surface area (Å²) in [6.07, 6.45) is 0. The van der Waals surface area contributed by atoms with Crippen LogP contribution in [0, 0.1) is 27.7 Å². The van der Waals surface area contributed by atoms with Gasteiger partial charge >= 0.3 is 0 Å². The average molecular weight is 519 g/mol. The summed E-state index contributed by atoms with van der Waals surface area (Å²) in [5.74, 6) is 0.947. The Morgan fingerprint density at radius 2 is 1.05 bits per heavy atom. The van der Waals surface area contributed by atoms with Crippen LogP contribution < -0.4 is 16.4 Å². The van der Waals surface area contributed by atoms with Crippen LogP contribution in [0.1, 0.15) is 33.4 Å². The number of aryl methyl sites for hydroxylation is 4. The van der Waals surface area contributed by atoms with E-state index >= 15 is 0 Å². The Hall–Kier alpha value is -3.00. The van der Waals surface area contributed by atoms with Crippen molar-refractivity contribution in [3.05, 3.63) is 112 Å². The third-order valence-electron chi connectivity index (χ3n) is 7.97. The molecule has 0 saturated heterocycles. The number of rotatable bonds is 5. The molecule has 0 heterocycles. The predicted molar refractivity (Wildman–Crippen MR) is 166 cm³/mol. The molecular formula is C34H29BCl2. The smallest absolute Gasteiger partial charge is 0.122 e. The number of alkyl halides is 2. The molecule has 0 nitrogen and oxygen atoms in total. The second kappa shape index (κ2) is 9.39. The second-order valence-electron chi connectivity index (χ2n) is 10.5. The van der Waals surface area contributed by atoms with Crippen molar-refractivity contribution in [2.45, 2.75) is 39.5 Å². The van der Waals surface area contributed by atoms with Crippen LogP contribution in [0.2, 0.25) is 0 Å². The van der Waals surface area contributed by atoms with Crippen molar-refractivity contribution in [3.63, 3.8) is 0 Å². The molecule has 0 saturated carbocycles. The number of benzene rings is 6. The summed E-state index contributed by atoms with van der Waals surface area (Å²) in [6.45, 7) is 8.78. The summed E-state index contributed by atoms with van der Waals surface area (Å²) >= 11 is 13.3. The van der Waals surface area contributed by atoms with E-state index in [2.05, 4.69) is 107 Å². The highest BCUT2D eigenvalue weighted by molar-refractivity contribution is 6.98. The zero-order valence-corrected chi connectivity index (χ0v) is 23.3. The first kappa shape index (κ1) is 24.3. The number of hydrogen-bond acceptors (Lipinski definition) is 0. The Kier molecular flexibility index (Phi) is 6.18. The first-order valence-electron chi connectivity index (χ1n) is 12.9. The minimum absolute atomic E-state index is 0.0215. The lowest BCUT2D eigenvalue weighted by Crippen LogP contribution is -2.56. The molecule has 0 aliphatic rings. The van der Waals surface area contributed by atoms with E-state index in [9.17, 15) is 0 Å². The van der Waals surface area contributed by atoms with Gasteiger partial charge in [-0.05, 0) is 71.1 Å². The quantitative estimate of drug-likeness (QED) is 0.124. The van der Waals surface area contributed by atoms with Crippen LogP contribution in [-0.4, -0.2) is 6.71 Å². The minimum atomic E-state index is 0.0215. The van der Waals surface area contributed by atoms with Crippen LogP contribution in [0.3, 0.4) is 0 Å². The summed E-state index contributed by atoms with van der Waals surface area (Å²) in [5.41, 5.74) is 11.3. The lowest BCUT2D eigenvalue weighted by Gasteiger charge is -2.27. The molecule has 37 heavy (non-hydrogen) atoms. The molecule has 6 rings (SSSR count). The normalized spacial score (nSPS) is 11.7. The molecule has 0 bridgehead atoms. The van der Waals surface area contributed by atoms with Gasteiger partial charge in [0.05, 0.1) is 0 Å². The van der Waals surface area contributed by atoms with E-state index in [0.717, 1.165) is 0 Å². The Labute approximate surface area is 229 Å². The third-order valence-corrected chi connectivity index (χ3v) is 8.55. The fraction of sp³-hybridized carbons (Fsp3) is 0.176. The standard InChI is InChI=1S/C34H29BCl2/c1-20-14-22(3)33(27(16-20)18-36)35(34-23(4)15-21(2)17-28(34)19-37)30-13-11-26-9-8-24-6-5-7-25-10-12-29(30)32(26)31(24)25/h5-17H,18-19H2,1-4H3. The van der Waals surface area contributed by atoms with Gasteiger partial charge in [-0.2, -0.15) is 0 Å². The molecule has 3 heteroatoms. The van der Waals surface area contributed by atoms with Crippen molar-refractivity contribution in [1.29, 1.82) is 0 Å². The van der Waals surface area contributed by atoms with Crippen molar-refractivity contribution in [2.75, 3.05) is 0 Å². The first-order chi connectivity index (χ1) is 17.9. The van der Waals surface area contributed by atoms with Crippen LogP contribution in [-0.2, 0) is 11.8 Å². The first-order valence-corrected chi connectivity index (χ1v) is 14.0. The van der Waals surface area contributed by atoms with E-state index in [1.807, 2.05) is 0 Å². The topological polar surface area (TPSA) is 0 Å². The Balaban J connectivity index is 1.78. The molecule has 0 amide bonds. The van der Waals surface area contributed by atoms with E-state index in [-0.39, 0.29) is 6.71 Å². The van der Waals surface area contributed by atoms with E-state index in [1.54, 1.807) is 0 Å². The van der Waals surface area contributed by atoms with Gasteiger partial charge in [-0.1, -0.05) is 118 Å². The van der Waals surface area contributed by atoms with Crippen LogP contribution in [0.4, 0.5) is 0 Å². The minimum Gasteiger partial charge on any atom is -0.122 e. The molecule has 0 aliphatic carbocycles. The summed E-state index contributed by atoms with van der Waals surface area (Å²) < 4.78 is 0. The van der Waals surface area contributed by atoms with Gasteiger partial charge in [0.25, 0.3) is 0 Å². The molecule has 0 fully saturated rings. The molecular weight excluding hydrogens is 490 g/mol. The van der Waals surface area contributed by atoms with E-state index < -0.39 is 0 Å². The van der Waals surface area contributed by atoms with Crippen LogP contribution >= 0.6 is 23.2 Å². The van der Waals surface area contributed by atoms with Crippen molar-refractivity contribution in [2.24, 2.45) is 0 Å². The number of halogens is 2. The Morgan fingerprint density at radius 1 is 0.568 bits per heavy atom. The average Bonchev–Trinajstić information content (AvgIpc) is 2.89. The summed E-state index contributed by atoms with van der Waals surface area (Å²) in [4.78, 5) is 0. The number of hydrogen-bond donors (Lipinski definition) is 0. The largest absolute Gasteiger partial charge is 0.243 e. The fourth-order valence-corrected chi connectivity index (χ4v) is 7.09. The van der Waals surface area contributed by atoms with Gasteiger partial charge in [0, 0.05) is 11.8 Å². The van der Waals surface area contributed by atoms with Crippen molar-refractivity contribution in [3.8, 4) is 0 Å². The van der Waals surface area contributed by atoms with E-state index in [1.165, 1.54) is 82.1 Å². The maximum absolute atomic E-state index is 6.65. The third kappa shape index (κ3) is 3.92. The summed E-state index contributed by atoms with van der Waals surface area (Å²) in [5, 5.41) is 7.82.